The zero-order valence-electron chi connectivity index (χ0n) is 16.0. The molecular formula is C24H26N2O. The highest BCUT2D eigenvalue weighted by Gasteiger charge is 2.09. The normalized spacial score (nSPS) is 10.4. The molecule has 1 amide bonds. The van der Waals surface area contributed by atoms with Crippen LogP contribution in [0.5, 0.6) is 0 Å². The van der Waals surface area contributed by atoms with Crippen molar-refractivity contribution in [2.75, 3.05) is 10.6 Å². The van der Waals surface area contributed by atoms with Crippen molar-refractivity contribution in [3.05, 3.63) is 95.1 Å². The van der Waals surface area contributed by atoms with Crippen molar-refractivity contribution >= 4 is 17.3 Å². The molecular weight excluding hydrogens is 332 g/mol. The minimum atomic E-state index is -0.0771. The van der Waals surface area contributed by atoms with Crippen molar-refractivity contribution in [1.29, 1.82) is 0 Å². The Labute approximate surface area is 161 Å². The summed E-state index contributed by atoms with van der Waals surface area (Å²) in [4.78, 5) is 12.7. The summed E-state index contributed by atoms with van der Waals surface area (Å²) in [7, 11) is 0. The molecule has 3 aromatic rings. The van der Waals surface area contributed by atoms with Gasteiger partial charge in [0.25, 0.3) is 5.91 Å². The molecule has 0 spiro atoms. The lowest BCUT2D eigenvalue weighted by atomic mass is 10.1. The maximum Gasteiger partial charge on any atom is 0.255 e. The Morgan fingerprint density at radius 2 is 1.41 bits per heavy atom. The van der Waals surface area contributed by atoms with Crippen LogP contribution in [0.1, 0.15) is 40.9 Å². The summed E-state index contributed by atoms with van der Waals surface area (Å²) in [6.45, 7) is 4.93. The molecule has 0 aliphatic rings. The largest absolute Gasteiger partial charge is 0.381 e. The Kier molecular flexibility index (Phi) is 6.26. The molecule has 0 atom stereocenters. The van der Waals surface area contributed by atoms with Crippen LogP contribution in [0.25, 0.3) is 0 Å². The minimum absolute atomic E-state index is 0.0771. The van der Waals surface area contributed by atoms with Gasteiger partial charge in [-0.25, -0.2) is 0 Å². The van der Waals surface area contributed by atoms with Gasteiger partial charge in [0.15, 0.2) is 0 Å². The predicted molar refractivity (Wildman–Crippen MR) is 113 cm³/mol. The zero-order chi connectivity index (χ0) is 19.1. The molecule has 27 heavy (non-hydrogen) atoms. The van der Waals surface area contributed by atoms with Crippen molar-refractivity contribution in [3.63, 3.8) is 0 Å². The lowest BCUT2D eigenvalue weighted by Crippen LogP contribution is -2.13. The molecule has 3 heteroatoms. The lowest BCUT2D eigenvalue weighted by molar-refractivity contribution is 0.102. The third-order valence-electron chi connectivity index (χ3n) is 4.72. The third-order valence-corrected chi connectivity index (χ3v) is 4.72. The Balaban J connectivity index is 1.70. The summed E-state index contributed by atoms with van der Waals surface area (Å²) in [6, 6.07) is 24.0. The minimum Gasteiger partial charge on any atom is -0.381 e. The van der Waals surface area contributed by atoms with E-state index in [1.165, 1.54) is 5.56 Å². The Hall–Kier alpha value is -3.07. The van der Waals surface area contributed by atoms with E-state index < -0.39 is 0 Å². The molecule has 0 fully saturated rings. The lowest BCUT2D eigenvalue weighted by Gasteiger charge is -2.12. The van der Waals surface area contributed by atoms with Crippen molar-refractivity contribution in [2.24, 2.45) is 0 Å². The molecule has 0 saturated heterocycles. The first-order chi connectivity index (χ1) is 13.2. The van der Waals surface area contributed by atoms with Crippen LogP contribution in [0, 0.1) is 0 Å². The van der Waals surface area contributed by atoms with Crippen LogP contribution in [0.3, 0.4) is 0 Å². The highest BCUT2D eigenvalue weighted by Crippen LogP contribution is 2.19. The fourth-order valence-corrected chi connectivity index (χ4v) is 3.17. The van der Waals surface area contributed by atoms with Gasteiger partial charge >= 0.3 is 0 Å². The van der Waals surface area contributed by atoms with Gasteiger partial charge in [0.05, 0.1) is 0 Å². The molecule has 0 aliphatic carbocycles. The van der Waals surface area contributed by atoms with Gasteiger partial charge in [-0.05, 0) is 53.8 Å². The van der Waals surface area contributed by atoms with Crippen molar-refractivity contribution in [1.82, 2.24) is 0 Å². The predicted octanol–water partition coefficient (Wildman–Crippen LogP) is 5.68. The molecule has 138 valence electrons. The van der Waals surface area contributed by atoms with Gasteiger partial charge in [0.1, 0.15) is 0 Å². The van der Waals surface area contributed by atoms with Crippen LogP contribution < -0.4 is 10.6 Å². The maximum absolute atomic E-state index is 12.7. The van der Waals surface area contributed by atoms with E-state index in [9.17, 15) is 4.79 Å². The van der Waals surface area contributed by atoms with E-state index in [0.29, 0.717) is 12.1 Å². The third kappa shape index (κ3) is 4.76. The molecule has 0 unspecified atom stereocenters. The molecule has 0 bridgehead atoms. The Bertz CT molecular complexity index is 918. The zero-order valence-corrected chi connectivity index (χ0v) is 16.0. The van der Waals surface area contributed by atoms with E-state index >= 15 is 0 Å². The second-order valence-electron chi connectivity index (χ2n) is 6.53. The topological polar surface area (TPSA) is 41.1 Å². The summed E-state index contributed by atoms with van der Waals surface area (Å²) >= 11 is 0. The number of aryl methyl sites for hydroxylation is 2. The average Bonchev–Trinajstić information content (AvgIpc) is 2.73. The smallest absolute Gasteiger partial charge is 0.255 e. The van der Waals surface area contributed by atoms with Crippen molar-refractivity contribution < 1.29 is 4.79 Å². The standard InChI is InChI=1S/C24H26N2O/c1-3-19-11-5-7-14-22(19)25-17-18-10-9-13-21(16-18)24(27)26-23-15-8-6-12-20(23)4-2/h5-16,25H,3-4,17H2,1-2H3,(H,26,27). The van der Waals surface area contributed by atoms with Crippen LogP contribution in [0.2, 0.25) is 0 Å². The summed E-state index contributed by atoms with van der Waals surface area (Å²) in [6.07, 6.45) is 1.87. The first kappa shape index (κ1) is 18.7. The fraction of sp³-hybridized carbons (Fsp3) is 0.208. The average molecular weight is 358 g/mol. The van der Waals surface area contributed by atoms with Gasteiger partial charge in [0.2, 0.25) is 0 Å². The number of benzene rings is 3. The Morgan fingerprint density at radius 1 is 0.778 bits per heavy atom. The summed E-state index contributed by atoms with van der Waals surface area (Å²) in [5.74, 6) is -0.0771. The van der Waals surface area contributed by atoms with Crippen LogP contribution in [0.4, 0.5) is 11.4 Å². The number of hydrogen-bond acceptors (Lipinski definition) is 2. The van der Waals surface area contributed by atoms with Gasteiger partial charge in [-0.2, -0.15) is 0 Å². The van der Waals surface area contributed by atoms with E-state index in [0.717, 1.165) is 35.3 Å². The van der Waals surface area contributed by atoms with Crippen molar-refractivity contribution in [2.45, 2.75) is 33.2 Å². The van der Waals surface area contributed by atoms with E-state index in [1.807, 2.05) is 54.6 Å². The second-order valence-corrected chi connectivity index (χ2v) is 6.53. The highest BCUT2D eigenvalue weighted by atomic mass is 16.1. The van der Waals surface area contributed by atoms with Crippen LogP contribution in [-0.2, 0) is 19.4 Å². The number of carbonyl (C=O) groups is 1. The molecule has 3 aromatic carbocycles. The van der Waals surface area contributed by atoms with Gasteiger partial charge in [-0.1, -0.05) is 62.4 Å². The van der Waals surface area contributed by atoms with E-state index in [-0.39, 0.29) is 5.91 Å². The number of para-hydroxylation sites is 2. The molecule has 0 aromatic heterocycles. The molecule has 0 heterocycles. The highest BCUT2D eigenvalue weighted by molar-refractivity contribution is 6.04. The number of hydrogen-bond donors (Lipinski definition) is 2. The molecule has 3 rings (SSSR count). The number of anilines is 2. The van der Waals surface area contributed by atoms with Gasteiger partial charge in [-0.3, -0.25) is 4.79 Å². The van der Waals surface area contributed by atoms with Gasteiger partial charge in [-0.15, -0.1) is 0 Å². The Morgan fingerprint density at radius 3 is 2.11 bits per heavy atom. The first-order valence-electron chi connectivity index (χ1n) is 9.51. The molecule has 0 saturated carbocycles. The molecule has 0 aliphatic heterocycles. The summed E-state index contributed by atoms with van der Waals surface area (Å²) < 4.78 is 0. The van der Waals surface area contributed by atoms with Gasteiger partial charge < -0.3 is 10.6 Å². The summed E-state index contributed by atoms with van der Waals surface area (Å²) in [5, 5.41) is 6.52. The number of amides is 1. The first-order valence-corrected chi connectivity index (χ1v) is 9.51. The molecule has 3 nitrogen and oxygen atoms in total. The molecule has 0 radical (unpaired) electrons. The van der Waals surface area contributed by atoms with Crippen LogP contribution >= 0.6 is 0 Å². The fourth-order valence-electron chi connectivity index (χ4n) is 3.17. The summed E-state index contributed by atoms with van der Waals surface area (Å²) in [5.41, 5.74) is 6.21. The quantitative estimate of drug-likeness (QED) is 0.571. The van der Waals surface area contributed by atoms with Crippen LogP contribution in [0.15, 0.2) is 72.8 Å². The van der Waals surface area contributed by atoms with Crippen molar-refractivity contribution in [3.8, 4) is 0 Å². The number of nitrogens with one attached hydrogen (secondary N) is 2. The number of rotatable bonds is 7. The van der Waals surface area contributed by atoms with Gasteiger partial charge in [0, 0.05) is 23.5 Å². The van der Waals surface area contributed by atoms with Crippen LogP contribution in [-0.4, -0.2) is 5.91 Å². The van der Waals surface area contributed by atoms with E-state index in [4.69, 9.17) is 0 Å². The monoisotopic (exact) mass is 358 g/mol. The number of carbonyl (C=O) groups excluding carboxylic acids is 1. The SMILES string of the molecule is CCc1ccccc1NCc1cccc(C(=O)Nc2ccccc2CC)c1. The second kappa shape index (κ2) is 9.04. The maximum atomic E-state index is 12.7. The van der Waals surface area contributed by atoms with E-state index in [2.05, 4.69) is 42.7 Å². The van der Waals surface area contributed by atoms with E-state index in [1.54, 1.807) is 0 Å². The molecule has 2 N–H and O–H groups in total.